The van der Waals surface area contributed by atoms with Crippen molar-refractivity contribution < 1.29 is 19.1 Å². The van der Waals surface area contributed by atoms with Gasteiger partial charge in [-0.2, -0.15) is 0 Å². The molecule has 29 heavy (non-hydrogen) atoms. The van der Waals surface area contributed by atoms with Crippen LogP contribution in [0.25, 0.3) is 0 Å². The Hall–Kier alpha value is -2.29. The van der Waals surface area contributed by atoms with Gasteiger partial charge in [-0.3, -0.25) is 24.6 Å². The molecule has 3 amide bonds. The van der Waals surface area contributed by atoms with Crippen molar-refractivity contribution in [2.75, 3.05) is 26.2 Å². The van der Waals surface area contributed by atoms with Crippen molar-refractivity contribution in [1.82, 2.24) is 15.1 Å². The van der Waals surface area contributed by atoms with Gasteiger partial charge < -0.3 is 15.4 Å². The van der Waals surface area contributed by atoms with Crippen LogP contribution in [0.4, 0.5) is 0 Å². The molecule has 0 spiro atoms. The molecule has 4 rings (SSSR count). The molecule has 2 atom stereocenters. The molecular weight excluding hydrogens is 372 g/mol. The number of nitrogens with one attached hydrogen (secondary N) is 1. The van der Waals surface area contributed by atoms with Gasteiger partial charge in [0.05, 0.1) is 6.10 Å². The Balaban J connectivity index is 1.45. The summed E-state index contributed by atoms with van der Waals surface area (Å²) in [5, 5.41) is 2.34. The lowest BCUT2D eigenvalue weighted by atomic mass is 10.0. The molecule has 3 N–H and O–H groups in total. The number of carbonyl (C=O) groups excluding carboxylic acids is 3. The van der Waals surface area contributed by atoms with Gasteiger partial charge in [0, 0.05) is 44.8 Å². The van der Waals surface area contributed by atoms with Gasteiger partial charge in [0.1, 0.15) is 6.04 Å². The Morgan fingerprint density at radius 2 is 2.10 bits per heavy atom. The second-order valence-corrected chi connectivity index (χ2v) is 8.05. The molecule has 2 unspecified atom stereocenters. The van der Waals surface area contributed by atoms with Crippen molar-refractivity contribution >= 4 is 17.7 Å². The third-order valence-electron chi connectivity index (χ3n) is 5.92. The van der Waals surface area contributed by atoms with Crippen LogP contribution < -0.4 is 11.1 Å². The van der Waals surface area contributed by atoms with E-state index in [0.717, 1.165) is 50.2 Å². The molecule has 8 heteroatoms. The van der Waals surface area contributed by atoms with Gasteiger partial charge in [0.15, 0.2) is 0 Å². The molecule has 3 aliphatic heterocycles. The van der Waals surface area contributed by atoms with Gasteiger partial charge in [-0.25, -0.2) is 0 Å². The van der Waals surface area contributed by atoms with Crippen LogP contribution in [-0.4, -0.2) is 65.9 Å². The van der Waals surface area contributed by atoms with Crippen LogP contribution in [-0.2, 0) is 27.4 Å². The molecule has 0 saturated carbocycles. The van der Waals surface area contributed by atoms with Crippen LogP contribution in [0.15, 0.2) is 18.2 Å². The standard InChI is InChI=1S/C21H28N4O4/c22-7-6-16-13-24(8-1-9-29-16)11-14-2-3-15-12-25(21(28)17(15)10-14)18-4-5-19(26)23-20(18)27/h2-3,10,16,18H,1,4-9,11-13,22H2,(H,23,26,27). The van der Waals surface area contributed by atoms with Crippen LogP contribution in [0.2, 0.25) is 0 Å². The Morgan fingerprint density at radius 1 is 1.24 bits per heavy atom. The largest absolute Gasteiger partial charge is 0.377 e. The van der Waals surface area contributed by atoms with Gasteiger partial charge in [-0.05, 0) is 43.0 Å². The SMILES string of the molecule is NCCC1CN(Cc2ccc3c(c2)C(=O)N(C2CCC(=O)NC2=O)C3)CCCO1. The number of hydrogen-bond acceptors (Lipinski definition) is 6. The zero-order chi connectivity index (χ0) is 20.4. The zero-order valence-corrected chi connectivity index (χ0v) is 16.6. The highest BCUT2D eigenvalue weighted by Crippen LogP contribution is 2.28. The van der Waals surface area contributed by atoms with E-state index in [0.29, 0.717) is 25.1 Å². The van der Waals surface area contributed by atoms with Gasteiger partial charge >= 0.3 is 0 Å². The van der Waals surface area contributed by atoms with E-state index in [2.05, 4.69) is 16.3 Å². The molecule has 156 valence electrons. The van der Waals surface area contributed by atoms with Crippen molar-refractivity contribution in [3.63, 3.8) is 0 Å². The lowest BCUT2D eigenvalue weighted by Gasteiger charge is -2.29. The Morgan fingerprint density at radius 3 is 2.90 bits per heavy atom. The average molecular weight is 400 g/mol. The second kappa shape index (κ2) is 8.61. The van der Waals surface area contributed by atoms with Gasteiger partial charge in [-0.15, -0.1) is 0 Å². The minimum atomic E-state index is -0.573. The Bertz CT molecular complexity index is 812. The van der Waals surface area contributed by atoms with Crippen molar-refractivity contribution in [2.45, 2.75) is 50.9 Å². The van der Waals surface area contributed by atoms with Crippen molar-refractivity contribution in [3.05, 3.63) is 34.9 Å². The number of ether oxygens (including phenoxy) is 1. The summed E-state index contributed by atoms with van der Waals surface area (Å²) in [5.74, 6) is -0.776. The zero-order valence-electron chi connectivity index (χ0n) is 16.6. The number of fused-ring (bicyclic) bond motifs is 1. The highest BCUT2D eigenvalue weighted by atomic mass is 16.5. The van der Waals surface area contributed by atoms with E-state index in [1.165, 1.54) is 0 Å². The quantitative estimate of drug-likeness (QED) is 0.693. The first-order valence-electron chi connectivity index (χ1n) is 10.4. The lowest BCUT2D eigenvalue weighted by Crippen LogP contribution is -2.52. The number of carbonyl (C=O) groups is 3. The first kappa shape index (κ1) is 20.0. The van der Waals surface area contributed by atoms with Crippen molar-refractivity contribution in [3.8, 4) is 0 Å². The fraction of sp³-hybridized carbons (Fsp3) is 0.571. The predicted octanol–water partition coefficient (Wildman–Crippen LogP) is 0.387. The van der Waals surface area contributed by atoms with E-state index >= 15 is 0 Å². The molecule has 3 heterocycles. The molecule has 0 aromatic heterocycles. The second-order valence-electron chi connectivity index (χ2n) is 8.05. The number of hydrogen-bond donors (Lipinski definition) is 2. The van der Waals surface area contributed by atoms with E-state index in [9.17, 15) is 14.4 Å². The van der Waals surface area contributed by atoms with Crippen LogP contribution in [0.5, 0.6) is 0 Å². The normalized spacial score (nSPS) is 25.7. The summed E-state index contributed by atoms with van der Waals surface area (Å²) in [6.45, 7) is 4.33. The van der Waals surface area contributed by atoms with Gasteiger partial charge in [0.2, 0.25) is 11.8 Å². The first-order valence-corrected chi connectivity index (χ1v) is 10.4. The number of nitrogens with zero attached hydrogens (tertiary/aromatic N) is 2. The summed E-state index contributed by atoms with van der Waals surface area (Å²) in [4.78, 5) is 40.5. The summed E-state index contributed by atoms with van der Waals surface area (Å²) >= 11 is 0. The average Bonchev–Trinajstić information content (AvgIpc) is 2.86. The topological polar surface area (TPSA) is 105 Å². The van der Waals surface area contributed by atoms with Crippen LogP contribution in [0, 0.1) is 0 Å². The van der Waals surface area contributed by atoms with E-state index in [1.807, 2.05) is 12.1 Å². The summed E-state index contributed by atoms with van der Waals surface area (Å²) in [7, 11) is 0. The minimum Gasteiger partial charge on any atom is -0.377 e. The molecule has 1 aromatic carbocycles. The summed E-state index contributed by atoms with van der Waals surface area (Å²) in [5.41, 5.74) is 8.37. The summed E-state index contributed by atoms with van der Waals surface area (Å²) in [6.07, 6.45) is 2.63. The monoisotopic (exact) mass is 400 g/mol. The van der Waals surface area contributed by atoms with Crippen molar-refractivity contribution in [1.29, 1.82) is 0 Å². The molecule has 2 fully saturated rings. The molecule has 0 aliphatic carbocycles. The van der Waals surface area contributed by atoms with Crippen LogP contribution in [0.3, 0.4) is 0 Å². The number of benzene rings is 1. The molecule has 8 nitrogen and oxygen atoms in total. The number of piperidine rings is 1. The fourth-order valence-electron chi connectivity index (χ4n) is 4.43. The smallest absolute Gasteiger partial charge is 0.255 e. The van der Waals surface area contributed by atoms with Gasteiger partial charge in [-0.1, -0.05) is 12.1 Å². The van der Waals surface area contributed by atoms with E-state index < -0.39 is 6.04 Å². The highest BCUT2D eigenvalue weighted by molar-refractivity contribution is 6.05. The third kappa shape index (κ3) is 4.34. The number of nitrogens with two attached hydrogens (primary N) is 1. The summed E-state index contributed by atoms with van der Waals surface area (Å²) < 4.78 is 5.86. The van der Waals surface area contributed by atoms with E-state index in [-0.39, 0.29) is 30.2 Å². The lowest BCUT2D eigenvalue weighted by molar-refractivity contribution is -0.136. The predicted molar refractivity (Wildman–Crippen MR) is 106 cm³/mol. The van der Waals surface area contributed by atoms with E-state index in [4.69, 9.17) is 10.5 Å². The minimum absolute atomic E-state index is 0.128. The number of imide groups is 1. The molecular formula is C21H28N4O4. The van der Waals surface area contributed by atoms with Crippen LogP contribution >= 0.6 is 0 Å². The molecule has 3 aliphatic rings. The maximum absolute atomic E-state index is 13.0. The fourth-order valence-corrected chi connectivity index (χ4v) is 4.43. The van der Waals surface area contributed by atoms with Gasteiger partial charge in [0.25, 0.3) is 5.91 Å². The Labute approximate surface area is 170 Å². The van der Waals surface area contributed by atoms with Crippen molar-refractivity contribution in [2.24, 2.45) is 5.73 Å². The van der Waals surface area contributed by atoms with Crippen LogP contribution in [0.1, 0.15) is 47.2 Å². The molecule has 2 saturated heterocycles. The molecule has 0 radical (unpaired) electrons. The maximum Gasteiger partial charge on any atom is 0.255 e. The molecule has 0 bridgehead atoms. The highest BCUT2D eigenvalue weighted by Gasteiger charge is 2.39. The third-order valence-corrected chi connectivity index (χ3v) is 5.92. The number of rotatable bonds is 5. The maximum atomic E-state index is 13.0. The van der Waals surface area contributed by atoms with E-state index in [1.54, 1.807) is 4.90 Å². The summed E-state index contributed by atoms with van der Waals surface area (Å²) in [6, 6.07) is 5.42. The first-order chi connectivity index (χ1) is 14.0. The number of amides is 3. The Kier molecular flexibility index (Phi) is 5.94. The molecule has 1 aromatic rings.